The number of hydrogen-bond donors (Lipinski definition) is 3. The van der Waals surface area contributed by atoms with Crippen LogP contribution in [-0.2, 0) is 13.0 Å². The van der Waals surface area contributed by atoms with Crippen LogP contribution in [0.1, 0.15) is 28.2 Å². The minimum absolute atomic E-state index is 0.0109. The standard InChI is InChI=1S/C21H18N2O2S/c1-13-22-21-18(25)9-14(10-19(21)26-13)5-2-3-6-15-7-4-8-16-11-17(12-24)23-20(15)16/h4,7-11,23-25H,3,6,12H2,1H3. The first kappa shape index (κ1) is 16.6. The van der Waals surface area contributed by atoms with Crippen molar-refractivity contribution >= 4 is 32.5 Å². The molecule has 2 aromatic carbocycles. The van der Waals surface area contributed by atoms with Crippen molar-refractivity contribution in [1.82, 2.24) is 9.97 Å². The summed E-state index contributed by atoms with van der Waals surface area (Å²) in [6.45, 7) is 1.94. The van der Waals surface area contributed by atoms with Crippen molar-refractivity contribution in [3.8, 4) is 17.6 Å². The minimum atomic E-state index is 0.0109. The van der Waals surface area contributed by atoms with Gasteiger partial charge in [-0.05, 0) is 37.1 Å². The van der Waals surface area contributed by atoms with E-state index in [-0.39, 0.29) is 12.4 Å². The lowest BCUT2D eigenvalue weighted by Crippen LogP contribution is -1.87. The van der Waals surface area contributed by atoms with E-state index in [1.807, 2.05) is 31.2 Å². The quantitative estimate of drug-likeness (QED) is 0.477. The number of aromatic hydroxyl groups is 1. The predicted octanol–water partition coefficient (Wildman–Crippen LogP) is 4.27. The van der Waals surface area contributed by atoms with Gasteiger partial charge in [0, 0.05) is 28.6 Å². The van der Waals surface area contributed by atoms with E-state index in [0.717, 1.165) is 38.3 Å². The number of phenolic OH excluding ortho intramolecular Hbond substituents is 1. The highest BCUT2D eigenvalue weighted by atomic mass is 32.1. The van der Waals surface area contributed by atoms with Crippen molar-refractivity contribution in [2.45, 2.75) is 26.4 Å². The van der Waals surface area contributed by atoms with Gasteiger partial charge in [-0.2, -0.15) is 0 Å². The van der Waals surface area contributed by atoms with Crippen LogP contribution in [0.5, 0.6) is 5.75 Å². The summed E-state index contributed by atoms with van der Waals surface area (Å²) in [6.07, 6.45) is 1.54. The maximum absolute atomic E-state index is 10.1. The number of aliphatic hydroxyl groups excluding tert-OH is 1. The average Bonchev–Trinajstić information content (AvgIpc) is 3.21. The summed E-state index contributed by atoms with van der Waals surface area (Å²) in [5.74, 6) is 6.52. The van der Waals surface area contributed by atoms with E-state index in [1.165, 1.54) is 5.56 Å². The van der Waals surface area contributed by atoms with Gasteiger partial charge in [0.05, 0.1) is 16.3 Å². The molecular formula is C21H18N2O2S. The maximum atomic E-state index is 10.1. The Morgan fingerprint density at radius 1 is 1.23 bits per heavy atom. The molecule has 0 atom stereocenters. The molecule has 0 spiro atoms. The van der Waals surface area contributed by atoms with E-state index in [9.17, 15) is 10.2 Å². The number of phenols is 1. The van der Waals surface area contributed by atoms with Gasteiger partial charge in [-0.1, -0.05) is 30.0 Å². The van der Waals surface area contributed by atoms with Crippen molar-refractivity contribution < 1.29 is 10.2 Å². The molecule has 0 aliphatic rings. The lowest BCUT2D eigenvalue weighted by Gasteiger charge is -2.00. The average molecular weight is 362 g/mol. The van der Waals surface area contributed by atoms with Crippen molar-refractivity contribution in [2.24, 2.45) is 0 Å². The third-order valence-electron chi connectivity index (χ3n) is 4.30. The Bertz CT molecular complexity index is 1160. The first-order valence-electron chi connectivity index (χ1n) is 8.43. The highest BCUT2D eigenvalue weighted by molar-refractivity contribution is 7.18. The van der Waals surface area contributed by atoms with E-state index in [1.54, 1.807) is 17.4 Å². The second-order valence-electron chi connectivity index (χ2n) is 6.21. The fourth-order valence-electron chi connectivity index (χ4n) is 3.13. The molecule has 0 aliphatic heterocycles. The number of aliphatic hydroxyl groups is 1. The number of thiazole rings is 1. The maximum Gasteiger partial charge on any atom is 0.143 e. The number of aryl methyl sites for hydroxylation is 2. The largest absolute Gasteiger partial charge is 0.506 e. The Labute approximate surface area is 155 Å². The van der Waals surface area contributed by atoms with Crippen LogP contribution in [-0.4, -0.2) is 20.2 Å². The Morgan fingerprint density at radius 3 is 2.96 bits per heavy atom. The monoisotopic (exact) mass is 362 g/mol. The number of nitrogens with zero attached hydrogens (tertiary/aromatic N) is 1. The Balaban J connectivity index is 1.53. The van der Waals surface area contributed by atoms with Crippen LogP contribution in [0.25, 0.3) is 21.1 Å². The Morgan fingerprint density at radius 2 is 2.12 bits per heavy atom. The molecule has 0 unspecified atom stereocenters. The molecule has 0 aliphatic carbocycles. The number of para-hydroxylation sites is 1. The third kappa shape index (κ3) is 3.17. The number of hydrogen-bond acceptors (Lipinski definition) is 4. The lowest BCUT2D eigenvalue weighted by molar-refractivity contribution is 0.278. The molecule has 4 rings (SSSR count). The van der Waals surface area contributed by atoms with Gasteiger partial charge in [-0.15, -0.1) is 11.3 Å². The summed E-state index contributed by atoms with van der Waals surface area (Å²) in [5, 5.41) is 21.4. The molecule has 0 bridgehead atoms. The molecule has 0 saturated heterocycles. The van der Waals surface area contributed by atoms with Gasteiger partial charge >= 0.3 is 0 Å². The van der Waals surface area contributed by atoms with Crippen molar-refractivity contribution in [3.63, 3.8) is 0 Å². The summed E-state index contributed by atoms with van der Waals surface area (Å²) < 4.78 is 0.958. The number of nitrogens with one attached hydrogen (secondary N) is 1. The zero-order valence-corrected chi connectivity index (χ0v) is 15.2. The summed E-state index contributed by atoms with van der Waals surface area (Å²) >= 11 is 1.56. The lowest BCUT2D eigenvalue weighted by atomic mass is 10.1. The van der Waals surface area contributed by atoms with Crippen LogP contribution < -0.4 is 0 Å². The van der Waals surface area contributed by atoms with Crippen LogP contribution in [0.2, 0.25) is 0 Å². The van der Waals surface area contributed by atoms with Gasteiger partial charge in [0.25, 0.3) is 0 Å². The van der Waals surface area contributed by atoms with Crippen molar-refractivity contribution in [3.05, 3.63) is 58.2 Å². The Hall–Kier alpha value is -2.81. The van der Waals surface area contributed by atoms with E-state index >= 15 is 0 Å². The molecule has 26 heavy (non-hydrogen) atoms. The molecule has 0 fully saturated rings. The van der Waals surface area contributed by atoms with Gasteiger partial charge in [0.1, 0.15) is 11.3 Å². The highest BCUT2D eigenvalue weighted by Crippen LogP contribution is 2.30. The van der Waals surface area contributed by atoms with Gasteiger partial charge in [-0.25, -0.2) is 4.98 Å². The van der Waals surface area contributed by atoms with Gasteiger partial charge in [0.2, 0.25) is 0 Å². The van der Waals surface area contributed by atoms with Crippen LogP contribution in [0.15, 0.2) is 36.4 Å². The number of benzene rings is 2. The predicted molar refractivity (Wildman–Crippen MR) is 105 cm³/mol. The molecule has 5 heteroatoms. The molecule has 4 aromatic rings. The molecule has 2 aromatic heterocycles. The number of aromatic amines is 1. The smallest absolute Gasteiger partial charge is 0.143 e. The van der Waals surface area contributed by atoms with Crippen LogP contribution in [0.4, 0.5) is 0 Å². The van der Waals surface area contributed by atoms with Crippen molar-refractivity contribution in [1.29, 1.82) is 0 Å². The molecule has 4 nitrogen and oxygen atoms in total. The molecule has 0 saturated carbocycles. The molecule has 130 valence electrons. The van der Waals surface area contributed by atoms with Crippen molar-refractivity contribution in [2.75, 3.05) is 0 Å². The third-order valence-corrected chi connectivity index (χ3v) is 5.22. The summed E-state index contributed by atoms with van der Waals surface area (Å²) in [6, 6.07) is 11.8. The van der Waals surface area contributed by atoms with Crippen LogP contribution >= 0.6 is 11.3 Å². The summed E-state index contributed by atoms with van der Waals surface area (Å²) in [7, 11) is 0. The zero-order chi connectivity index (χ0) is 18.1. The first-order chi connectivity index (χ1) is 12.6. The zero-order valence-electron chi connectivity index (χ0n) is 14.3. The van der Waals surface area contributed by atoms with Crippen LogP contribution in [0, 0.1) is 18.8 Å². The minimum Gasteiger partial charge on any atom is -0.506 e. The van der Waals surface area contributed by atoms with E-state index in [0.29, 0.717) is 11.9 Å². The number of aromatic nitrogens is 2. The normalized spacial score (nSPS) is 11.0. The Kier molecular flexibility index (Phi) is 4.37. The molecule has 0 amide bonds. The number of H-pyrrole nitrogens is 1. The summed E-state index contributed by atoms with van der Waals surface area (Å²) in [5.41, 5.74) is 4.53. The first-order valence-corrected chi connectivity index (χ1v) is 9.25. The van der Waals surface area contributed by atoms with Gasteiger partial charge in [0.15, 0.2) is 0 Å². The summed E-state index contributed by atoms with van der Waals surface area (Å²) in [4.78, 5) is 7.59. The fraction of sp³-hybridized carbons (Fsp3) is 0.190. The SMILES string of the molecule is Cc1nc2c(O)cc(C#CCCc3cccc4cc(CO)[nH]c34)cc2s1. The topological polar surface area (TPSA) is 69.1 Å². The highest BCUT2D eigenvalue weighted by Gasteiger charge is 2.07. The molecule has 3 N–H and O–H groups in total. The van der Waals surface area contributed by atoms with E-state index < -0.39 is 0 Å². The number of rotatable bonds is 3. The molecule has 2 heterocycles. The molecule has 0 radical (unpaired) electrons. The fourth-order valence-corrected chi connectivity index (χ4v) is 4.02. The second-order valence-corrected chi connectivity index (χ2v) is 7.45. The molecular weight excluding hydrogens is 344 g/mol. The van der Waals surface area contributed by atoms with Gasteiger partial charge < -0.3 is 15.2 Å². The second kappa shape index (κ2) is 6.83. The van der Waals surface area contributed by atoms with Crippen LogP contribution in [0.3, 0.4) is 0 Å². The van der Waals surface area contributed by atoms with E-state index in [2.05, 4.69) is 27.9 Å². The number of fused-ring (bicyclic) bond motifs is 2. The van der Waals surface area contributed by atoms with Gasteiger partial charge in [-0.3, -0.25) is 0 Å². The van der Waals surface area contributed by atoms with E-state index in [4.69, 9.17) is 0 Å².